The number of nitrogens with zero attached hydrogens (tertiary/aromatic N) is 5. The quantitative estimate of drug-likeness (QED) is 0.747. The molecule has 2 aromatic rings. The lowest BCUT2D eigenvalue weighted by molar-refractivity contribution is -0.151. The Morgan fingerprint density at radius 3 is 2.52 bits per heavy atom. The van der Waals surface area contributed by atoms with Crippen molar-refractivity contribution in [3.63, 3.8) is 0 Å². The van der Waals surface area contributed by atoms with Gasteiger partial charge in [-0.25, -0.2) is 0 Å². The maximum absolute atomic E-state index is 12.8. The summed E-state index contributed by atoms with van der Waals surface area (Å²) < 4.78 is 5.07. The molecule has 1 fully saturated rings. The lowest BCUT2D eigenvalue weighted by atomic mass is 9.96. The molecule has 2 heterocycles. The van der Waals surface area contributed by atoms with Gasteiger partial charge in [0.2, 0.25) is 11.7 Å². The van der Waals surface area contributed by atoms with Crippen LogP contribution >= 0.6 is 0 Å². The van der Waals surface area contributed by atoms with Crippen molar-refractivity contribution in [1.82, 2.24) is 25.1 Å². The van der Waals surface area contributed by atoms with Crippen LogP contribution in [-0.2, 0) is 14.3 Å². The number of hydrogen-bond donors (Lipinski definition) is 0. The largest absolute Gasteiger partial charge is 0.466 e. The van der Waals surface area contributed by atoms with Crippen molar-refractivity contribution in [2.24, 2.45) is 5.92 Å². The topological polar surface area (TPSA) is 90.2 Å². The highest BCUT2D eigenvalue weighted by molar-refractivity contribution is 5.80. The van der Waals surface area contributed by atoms with Gasteiger partial charge < -0.3 is 9.64 Å². The van der Waals surface area contributed by atoms with E-state index in [9.17, 15) is 9.59 Å². The Kier molecular flexibility index (Phi) is 5.83. The predicted molar refractivity (Wildman–Crippen MR) is 98.6 cm³/mol. The van der Waals surface area contributed by atoms with Crippen molar-refractivity contribution >= 4 is 11.9 Å². The molecule has 27 heavy (non-hydrogen) atoms. The van der Waals surface area contributed by atoms with Crippen molar-refractivity contribution < 1.29 is 14.3 Å². The van der Waals surface area contributed by atoms with Crippen LogP contribution in [0.15, 0.2) is 24.3 Å². The van der Waals surface area contributed by atoms with E-state index >= 15 is 0 Å². The smallest absolute Gasteiger partial charge is 0.309 e. The number of amides is 1. The summed E-state index contributed by atoms with van der Waals surface area (Å²) in [5, 5.41) is 12.5. The zero-order chi connectivity index (χ0) is 19.4. The maximum atomic E-state index is 12.8. The first-order valence-corrected chi connectivity index (χ1v) is 9.31. The van der Waals surface area contributed by atoms with Crippen LogP contribution in [0.1, 0.15) is 38.3 Å². The monoisotopic (exact) mass is 371 g/mol. The number of carbonyl (C=O) groups excluding carboxylic acids is 2. The third kappa shape index (κ3) is 4.32. The van der Waals surface area contributed by atoms with E-state index in [2.05, 4.69) is 15.4 Å². The van der Waals surface area contributed by atoms with E-state index in [1.807, 2.05) is 31.2 Å². The maximum Gasteiger partial charge on any atom is 0.309 e. The van der Waals surface area contributed by atoms with Gasteiger partial charge in [-0.15, -0.1) is 10.2 Å². The van der Waals surface area contributed by atoms with Crippen LogP contribution in [0.5, 0.6) is 0 Å². The first-order valence-electron chi connectivity index (χ1n) is 9.31. The fourth-order valence-electron chi connectivity index (χ4n) is 3.17. The molecule has 1 saturated heterocycles. The molecule has 0 N–H and O–H groups in total. The summed E-state index contributed by atoms with van der Waals surface area (Å²) in [5.74, 6) is 0.140. The fraction of sp³-hybridized carbons (Fsp3) is 0.526. The second-order valence-corrected chi connectivity index (χ2v) is 6.83. The van der Waals surface area contributed by atoms with Crippen LogP contribution < -0.4 is 0 Å². The molecule has 1 atom stereocenters. The van der Waals surface area contributed by atoms with E-state index in [4.69, 9.17) is 4.74 Å². The molecule has 0 bridgehead atoms. The van der Waals surface area contributed by atoms with Gasteiger partial charge in [0.15, 0.2) is 0 Å². The van der Waals surface area contributed by atoms with Gasteiger partial charge in [0.1, 0.15) is 6.04 Å². The van der Waals surface area contributed by atoms with Crippen molar-refractivity contribution in [1.29, 1.82) is 0 Å². The van der Waals surface area contributed by atoms with Gasteiger partial charge >= 0.3 is 5.97 Å². The first-order chi connectivity index (χ1) is 13.0. The minimum atomic E-state index is -0.546. The van der Waals surface area contributed by atoms with Gasteiger partial charge in [0.25, 0.3) is 0 Å². The van der Waals surface area contributed by atoms with E-state index in [1.165, 1.54) is 4.80 Å². The number of ether oxygens (including phenoxy) is 1. The molecule has 0 unspecified atom stereocenters. The summed E-state index contributed by atoms with van der Waals surface area (Å²) in [7, 11) is 0. The first kappa shape index (κ1) is 19.0. The third-order valence-electron chi connectivity index (χ3n) is 4.87. The minimum absolute atomic E-state index is 0.0647. The van der Waals surface area contributed by atoms with Gasteiger partial charge in [-0.1, -0.05) is 29.8 Å². The standard InChI is InChI=1S/C19H25N5O3/c1-4-27-19(26)16-9-11-23(12-10-16)18(25)14(3)24-21-17(20-22-24)15-7-5-13(2)6-8-15/h5-8,14,16H,4,9-12H2,1-3H3/t14-/m1/s1. The molecule has 8 nitrogen and oxygen atoms in total. The number of tetrazole rings is 1. The lowest BCUT2D eigenvalue weighted by Gasteiger charge is -2.32. The molecular weight excluding hydrogens is 346 g/mol. The number of piperidine rings is 1. The Hall–Kier alpha value is -2.77. The zero-order valence-electron chi connectivity index (χ0n) is 16.0. The van der Waals surface area contributed by atoms with Crippen molar-refractivity contribution in [2.75, 3.05) is 19.7 Å². The Labute approximate surface area is 158 Å². The molecule has 8 heteroatoms. The van der Waals surface area contributed by atoms with Crippen LogP contribution in [0.2, 0.25) is 0 Å². The van der Waals surface area contributed by atoms with Gasteiger partial charge in [-0.05, 0) is 38.8 Å². The highest BCUT2D eigenvalue weighted by Crippen LogP contribution is 2.21. The molecule has 144 valence electrons. The molecule has 1 amide bonds. The van der Waals surface area contributed by atoms with E-state index in [0.29, 0.717) is 38.4 Å². The van der Waals surface area contributed by atoms with Gasteiger partial charge in [-0.3, -0.25) is 9.59 Å². The van der Waals surface area contributed by atoms with Crippen LogP contribution in [-0.4, -0.2) is 56.7 Å². The van der Waals surface area contributed by atoms with E-state index in [1.54, 1.807) is 18.7 Å². The number of rotatable bonds is 5. The highest BCUT2D eigenvalue weighted by atomic mass is 16.5. The summed E-state index contributed by atoms with van der Waals surface area (Å²) in [6.45, 7) is 7.03. The number of aryl methyl sites for hydroxylation is 1. The molecule has 3 rings (SSSR count). The third-order valence-corrected chi connectivity index (χ3v) is 4.87. The number of hydrogen-bond acceptors (Lipinski definition) is 6. The number of benzene rings is 1. The van der Waals surface area contributed by atoms with Crippen LogP contribution in [0.3, 0.4) is 0 Å². The number of esters is 1. The fourth-order valence-corrected chi connectivity index (χ4v) is 3.17. The lowest BCUT2D eigenvalue weighted by Crippen LogP contribution is -2.43. The van der Waals surface area contributed by atoms with Crippen LogP contribution in [0.25, 0.3) is 11.4 Å². The Bertz CT molecular complexity index is 794. The van der Waals surface area contributed by atoms with Crippen LogP contribution in [0, 0.1) is 12.8 Å². The summed E-state index contributed by atoms with van der Waals surface area (Å²) in [4.78, 5) is 27.7. The molecule has 1 aliphatic heterocycles. The van der Waals surface area contributed by atoms with Gasteiger partial charge in [0.05, 0.1) is 12.5 Å². The molecule has 0 radical (unpaired) electrons. The van der Waals surface area contributed by atoms with Crippen molar-refractivity contribution in [2.45, 2.75) is 39.7 Å². The second-order valence-electron chi connectivity index (χ2n) is 6.83. The Morgan fingerprint density at radius 1 is 1.22 bits per heavy atom. The summed E-state index contributed by atoms with van der Waals surface area (Å²) >= 11 is 0. The summed E-state index contributed by atoms with van der Waals surface area (Å²) in [5.41, 5.74) is 2.02. The van der Waals surface area contributed by atoms with Crippen molar-refractivity contribution in [3.05, 3.63) is 29.8 Å². The normalized spacial score (nSPS) is 16.2. The minimum Gasteiger partial charge on any atom is -0.466 e. The molecular formula is C19H25N5O3. The van der Waals surface area contributed by atoms with E-state index in [-0.39, 0.29) is 17.8 Å². The molecule has 0 spiro atoms. The van der Waals surface area contributed by atoms with E-state index in [0.717, 1.165) is 11.1 Å². The second kappa shape index (κ2) is 8.28. The molecule has 1 aromatic heterocycles. The highest BCUT2D eigenvalue weighted by Gasteiger charge is 2.31. The molecule has 0 saturated carbocycles. The summed E-state index contributed by atoms with van der Waals surface area (Å²) in [6.07, 6.45) is 1.24. The van der Waals surface area contributed by atoms with E-state index < -0.39 is 6.04 Å². The SMILES string of the molecule is CCOC(=O)C1CCN(C(=O)[C@@H](C)n2nnc(-c3ccc(C)cc3)n2)CC1. The molecule has 1 aromatic carbocycles. The number of carbonyl (C=O) groups is 2. The van der Waals surface area contributed by atoms with Crippen LogP contribution in [0.4, 0.5) is 0 Å². The average Bonchev–Trinajstić information content (AvgIpc) is 3.18. The van der Waals surface area contributed by atoms with Crippen molar-refractivity contribution in [3.8, 4) is 11.4 Å². The number of aromatic nitrogens is 4. The molecule has 0 aliphatic carbocycles. The molecule has 1 aliphatic rings. The Morgan fingerprint density at radius 2 is 1.89 bits per heavy atom. The van der Waals surface area contributed by atoms with Gasteiger partial charge in [-0.2, -0.15) is 4.80 Å². The zero-order valence-corrected chi connectivity index (χ0v) is 16.0. The Balaban J connectivity index is 1.61. The average molecular weight is 371 g/mol. The van der Waals surface area contributed by atoms with Gasteiger partial charge in [0, 0.05) is 18.7 Å². The predicted octanol–water partition coefficient (Wildman–Crippen LogP) is 2.01. The summed E-state index contributed by atoms with van der Waals surface area (Å²) in [6, 6.07) is 7.29. The number of likely N-dealkylation sites (tertiary alicyclic amines) is 1.